The van der Waals surface area contributed by atoms with E-state index >= 15 is 0 Å². The molecule has 1 fully saturated rings. The minimum absolute atomic E-state index is 0.00731. The third-order valence-electron chi connectivity index (χ3n) is 3.50. The summed E-state index contributed by atoms with van der Waals surface area (Å²) in [5.41, 5.74) is 0. The molecule has 1 unspecified atom stereocenters. The molecule has 110 valence electrons. The van der Waals surface area contributed by atoms with Crippen LogP contribution in [0.2, 0.25) is 0 Å². The summed E-state index contributed by atoms with van der Waals surface area (Å²) in [6.07, 6.45) is 5.05. The second-order valence-electron chi connectivity index (χ2n) is 5.21. The molecule has 5 heteroatoms. The summed E-state index contributed by atoms with van der Waals surface area (Å²) in [4.78, 5) is 24.9. The van der Waals surface area contributed by atoms with Crippen LogP contribution >= 0.6 is 11.8 Å². The van der Waals surface area contributed by atoms with E-state index in [9.17, 15) is 9.59 Å². The number of likely N-dealkylation sites (tertiary alicyclic amines) is 1. The van der Waals surface area contributed by atoms with Crippen LogP contribution in [-0.2, 0) is 9.59 Å². The quantitative estimate of drug-likeness (QED) is 0.697. The van der Waals surface area contributed by atoms with Crippen molar-refractivity contribution in [2.24, 2.45) is 5.92 Å². The molecule has 0 aromatic rings. The van der Waals surface area contributed by atoms with E-state index in [-0.39, 0.29) is 11.8 Å². The Morgan fingerprint density at radius 2 is 2.16 bits per heavy atom. The first kappa shape index (κ1) is 16.3. The summed E-state index contributed by atoms with van der Waals surface area (Å²) in [5.74, 6) is 0.951. The maximum absolute atomic E-state index is 12.2. The Balaban J connectivity index is 2.33. The molecule has 1 aliphatic heterocycles. The van der Waals surface area contributed by atoms with Gasteiger partial charge in [0.2, 0.25) is 5.91 Å². The molecule has 0 aliphatic carbocycles. The van der Waals surface area contributed by atoms with Gasteiger partial charge in [0.25, 0.3) is 0 Å². The van der Waals surface area contributed by atoms with E-state index in [0.717, 1.165) is 17.9 Å². The van der Waals surface area contributed by atoms with Gasteiger partial charge >= 0.3 is 5.97 Å². The fraction of sp³-hybridized carbons (Fsp3) is 0.857. The normalized spacial score (nSPS) is 20.5. The SMILES string of the molecule is CCCCCSCC(C)C(=O)N1CCC[C@H]1C(=O)O. The van der Waals surface area contributed by atoms with Gasteiger partial charge in [-0.1, -0.05) is 26.7 Å². The van der Waals surface area contributed by atoms with Crippen molar-refractivity contribution in [3.05, 3.63) is 0 Å². The monoisotopic (exact) mass is 287 g/mol. The van der Waals surface area contributed by atoms with E-state index in [1.807, 2.05) is 6.92 Å². The van der Waals surface area contributed by atoms with Crippen LogP contribution in [0.3, 0.4) is 0 Å². The van der Waals surface area contributed by atoms with Gasteiger partial charge in [-0.05, 0) is 25.0 Å². The Labute approximate surface area is 119 Å². The maximum atomic E-state index is 12.2. The third-order valence-corrected chi connectivity index (χ3v) is 4.82. The van der Waals surface area contributed by atoms with E-state index in [0.29, 0.717) is 13.0 Å². The molecule has 0 aromatic carbocycles. The highest BCUT2D eigenvalue weighted by molar-refractivity contribution is 7.99. The zero-order valence-electron chi connectivity index (χ0n) is 11.9. The van der Waals surface area contributed by atoms with Gasteiger partial charge in [-0.3, -0.25) is 4.79 Å². The van der Waals surface area contributed by atoms with Gasteiger partial charge < -0.3 is 10.0 Å². The van der Waals surface area contributed by atoms with Gasteiger partial charge in [-0.15, -0.1) is 0 Å². The molecule has 1 amide bonds. The molecular weight excluding hydrogens is 262 g/mol. The van der Waals surface area contributed by atoms with Gasteiger partial charge in [0.15, 0.2) is 0 Å². The number of rotatable bonds is 8. The topological polar surface area (TPSA) is 57.6 Å². The van der Waals surface area contributed by atoms with E-state index < -0.39 is 12.0 Å². The highest BCUT2D eigenvalue weighted by Crippen LogP contribution is 2.22. The number of thioether (sulfide) groups is 1. The van der Waals surface area contributed by atoms with Crippen LogP contribution in [0.5, 0.6) is 0 Å². The third kappa shape index (κ3) is 5.05. The van der Waals surface area contributed by atoms with Crippen molar-refractivity contribution in [3.63, 3.8) is 0 Å². The van der Waals surface area contributed by atoms with Crippen LogP contribution in [-0.4, -0.2) is 46.0 Å². The predicted molar refractivity (Wildman–Crippen MR) is 78.4 cm³/mol. The molecule has 19 heavy (non-hydrogen) atoms. The van der Waals surface area contributed by atoms with Crippen molar-refractivity contribution in [1.29, 1.82) is 0 Å². The lowest BCUT2D eigenvalue weighted by molar-refractivity contribution is -0.149. The van der Waals surface area contributed by atoms with Gasteiger partial charge in [0, 0.05) is 18.2 Å². The Hall–Kier alpha value is -0.710. The largest absolute Gasteiger partial charge is 0.480 e. The first-order valence-electron chi connectivity index (χ1n) is 7.19. The van der Waals surface area contributed by atoms with Crippen molar-refractivity contribution in [1.82, 2.24) is 4.90 Å². The summed E-state index contributed by atoms with van der Waals surface area (Å²) >= 11 is 1.80. The van der Waals surface area contributed by atoms with Crippen molar-refractivity contribution < 1.29 is 14.7 Å². The van der Waals surface area contributed by atoms with Crippen LogP contribution in [0.25, 0.3) is 0 Å². The van der Waals surface area contributed by atoms with Crippen LogP contribution < -0.4 is 0 Å². The number of carboxylic acid groups (broad SMARTS) is 1. The molecule has 4 nitrogen and oxygen atoms in total. The Morgan fingerprint density at radius 3 is 2.79 bits per heavy atom. The standard InChI is InChI=1S/C14H25NO3S/c1-3-4-5-9-19-10-11(2)13(16)15-8-6-7-12(15)14(17)18/h11-12H,3-10H2,1-2H3,(H,17,18)/t11?,12-/m0/s1. The molecule has 1 heterocycles. The summed E-state index contributed by atoms with van der Waals surface area (Å²) in [5, 5.41) is 9.09. The van der Waals surface area contributed by atoms with Gasteiger partial charge in [-0.2, -0.15) is 11.8 Å². The number of aliphatic carboxylic acids is 1. The number of carboxylic acids is 1. The molecule has 1 N–H and O–H groups in total. The van der Waals surface area contributed by atoms with E-state index in [1.54, 1.807) is 16.7 Å². The molecule has 2 atom stereocenters. The number of carbonyl (C=O) groups excluding carboxylic acids is 1. The van der Waals surface area contributed by atoms with Gasteiger partial charge in [-0.25, -0.2) is 4.79 Å². The predicted octanol–water partition coefficient (Wildman–Crippen LogP) is 2.62. The Bertz CT molecular complexity index is 309. The van der Waals surface area contributed by atoms with E-state index in [4.69, 9.17) is 5.11 Å². The first-order valence-corrected chi connectivity index (χ1v) is 8.34. The molecule has 0 bridgehead atoms. The lowest BCUT2D eigenvalue weighted by atomic mass is 10.1. The number of unbranched alkanes of at least 4 members (excludes halogenated alkanes) is 2. The lowest BCUT2D eigenvalue weighted by Gasteiger charge is -2.24. The molecule has 0 saturated carbocycles. The maximum Gasteiger partial charge on any atom is 0.326 e. The molecule has 0 radical (unpaired) electrons. The van der Waals surface area contributed by atoms with E-state index in [1.165, 1.54) is 19.3 Å². The molecule has 0 aromatic heterocycles. The number of nitrogens with zero attached hydrogens (tertiary/aromatic N) is 1. The number of carbonyl (C=O) groups is 2. The number of amides is 1. The lowest BCUT2D eigenvalue weighted by Crippen LogP contribution is -2.43. The fourth-order valence-electron chi connectivity index (χ4n) is 2.36. The number of hydrogen-bond acceptors (Lipinski definition) is 3. The Morgan fingerprint density at radius 1 is 1.42 bits per heavy atom. The van der Waals surface area contributed by atoms with Gasteiger partial charge in [0.1, 0.15) is 6.04 Å². The van der Waals surface area contributed by atoms with Crippen LogP contribution in [0.15, 0.2) is 0 Å². The summed E-state index contributed by atoms with van der Waals surface area (Å²) < 4.78 is 0. The van der Waals surface area contributed by atoms with Crippen LogP contribution in [0.1, 0.15) is 46.0 Å². The summed E-state index contributed by atoms with van der Waals surface area (Å²) in [7, 11) is 0. The second-order valence-corrected chi connectivity index (χ2v) is 6.36. The summed E-state index contributed by atoms with van der Waals surface area (Å²) in [6.45, 7) is 4.68. The zero-order valence-corrected chi connectivity index (χ0v) is 12.7. The zero-order chi connectivity index (χ0) is 14.3. The average molecular weight is 287 g/mol. The van der Waals surface area contributed by atoms with Crippen LogP contribution in [0, 0.1) is 5.92 Å². The molecular formula is C14H25NO3S. The molecule has 1 rings (SSSR count). The molecule has 0 spiro atoms. The number of hydrogen-bond donors (Lipinski definition) is 1. The smallest absolute Gasteiger partial charge is 0.326 e. The minimum Gasteiger partial charge on any atom is -0.480 e. The van der Waals surface area contributed by atoms with E-state index in [2.05, 4.69) is 6.92 Å². The average Bonchev–Trinajstić information content (AvgIpc) is 2.86. The highest BCUT2D eigenvalue weighted by Gasteiger charge is 2.35. The first-order chi connectivity index (χ1) is 9.07. The van der Waals surface area contributed by atoms with Crippen molar-refractivity contribution in [2.75, 3.05) is 18.1 Å². The molecule has 1 saturated heterocycles. The molecule has 1 aliphatic rings. The highest BCUT2D eigenvalue weighted by atomic mass is 32.2. The second kappa shape index (κ2) is 8.46. The van der Waals surface area contributed by atoms with Crippen LogP contribution in [0.4, 0.5) is 0 Å². The van der Waals surface area contributed by atoms with Crippen molar-refractivity contribution >= 4 is 23.6 Å². The van der Waals surface area contributed by atoms with Gasteiger partial charge in [0.05, 0.1) is 0 Å². The van der Waals surface area contributed by atoms with Crippen molar-refractivity contribution in [2.45, 2.75) is 52.0 Å². The van der Waals surface area contributed by atoms with Crippen molar-refractivity contribution in [3.8, 4) is 0 Å². The minimum atomic E-state index is -0.867. The Kier molecular flexibility index (Phi) is 7.28. The summed E-state index contributed by atoms with van der Waals surface area (Å²) in [6, 6.07) is -0.597. The fourth-order valence-corrected chi connectivity index (χ4v) is 3.43.